The molecule has 0 atom stereocenters. The zero-order chi connectivity index (χ0) is 17.9. The van der Waals surface area contributed by atoms with E-state index in [0.717, 1.165) is 31.3 Å². The van der Waals surface area contributed by atoms with E-state index in [1.807, 2.05) is 0 Å². The highest BCUT2D eigenvalue weighted by Crippen LogP contribution is 2.09. The second kappa shape index (κ2) is 10.4. The molecule has 0 bridgehead atoms. The number of nitrogens with zero attached hydrogens (tertiary/aromatic N) is 1. The lowest BCUT2D eigenvalue weighted by Crippen LogP contribution is -2.36. The van der Waals surface area contributed by atoms with Crippen LogP contribution in [-0.4, -0.2) is 33.3 Å². The highest BCUT2D eigenvalue weighted by atomic mass is 16.5. The van der Waals surface area contributed by atoms with Crippen molar-refractivity contribution >= 4 is 11.6 Å². The summed E-state index contributed by atoms with van der Waals surface area (Å²) in [5, 5.41) is 9.98. The second-order valence-corrected chi connectivity index (χ2v) is 5.88. The van der Waals surface area contributed by atoms with E-state index in [0.29, 0.717) is 6.61 Å². The largest absolute Gasteiger partial charge is 0.383 e. The highest BCUT2D eigenvalue weighted by molar-refractivity contribution is 5.79. The molecular weight excluding hydrogens is 312 g/mol. The van der Waals surface area contributed by atoms with Gasteiger partial charge in [-0.1, -0.05) is 42.0 Å². The first-order chi connectivity index (χ1) is 12.2. The smallest absolute Gasteiger partial charge is 0.191 e. The topological polar surface area (TPSA) is 57.7 Å². The van der Waals surface area contributed by atoms with Crippen LogP contribution in [0.2, 0.25) is 0 Å². The maximum atomic E-state index is 5.03. The summed E-state index contributed by atoms with van der Waals surface area (Å²) in [6.45, 7) is 5.08. The summed E-state index contributed by atoms with van der Waals surface area (Å²) in [6.07, 6.45) is 0. The van der Waals surface area contributed by atoms with Gasteiger partial charge in [0.1, 0.15) is 0 Å². The van der Waals surface area contributed by atoms with Crippen LogP contribution in [0.15, 0.2) is 53.5 Å². The molecule has 2 aromatic carbocycles. The van der Waals surface area contributed by atoms with Crippen LogP contribution in [0.1, 0.15) is 16.7 Å². The van der Waals surface area contributed by atoms with Crippen LogP contribution in [0, 0.1) is 6.92 Å². The molecule has 5 nitrogen and oxygen atoms in total. The van der Waals surface area contributed by atoms with Crippen LogP contribution < -0.4 is 16.0 Å². The van der Waals surface area contributed by atoms with Gasteiger partial charge in [0.05, 0.1) is 6.61 Å². The van der Waals surface area contributed by atoms with Gasteiger partial charge in [-0.25, -0.2) is 0 Å². The fourth-order valence-corrected chi connectivity index (χ4v) is 2.34. The van der Waals surface area contributed by atoms with Crippen molar-refractivity contribution in [1.82, 2.24) is 10.6 Å². The van der Waals surface area contributed by atoms with Crippen molar-refractivity contribution in [3.63, 3.8) is 0 Å². The summed E-state index contributed by atoms with van der Waals surface area (Å²) < 4.78 is 5.03. The highest BCUT2D eigenvalue weighted by Gasteiger charge is 2.00. The van der Waals surface area contributed by atoms with Crippen LogP contribution in [0.4, 0.5) is 5.69 Å². The molecule has 0 fully saturated rings. The molecule has 0 spiro atoms. The minimum absolute atomic E-state index is 0.701. The molecular formula is C20H28N4O. The van der Waals surface area contributed by atoms with Gasteiger partial charge < -0.3 is 20.7 Å². The Hall–Kier alpha value is -2.53. The average molecular weight is 340 g/mol. The molecule has 0 heterocycles. The third-order valence-electron chi connectivity index (χ3n) is 3.85. The van der Waals surface area contributed by atoms with Crippen molar-refractivity contribution in [2.24, 2.45) is 4.99 Å². The first-order valence-electron chi connectivity index (χ1n) is 8.53. The third kappa shape index (κ3) is 6.85. The van der Waals surface area contributed by atoms with Crippen molar-refractivity contribution in [2.75, 3.05) is 32.6 Å². The van der Waals surface area contributed by atoms with Crippen LogP contribution in [-0.2, 0) is 17.8 Å². The Morgan fingerprint density at radius 1 is 0.920 bits per heavy atom. The molecule has 25 heavy (non-hydrogen) atoms. The van der Waals surface area contributed by atoms with Gasteiger partial charge >= 0.3 is 0 Å². The molecule has 0 aliphatic heterocycles. The molecule has 0 radical (unpaired) electrons. The van der Waals surface area contributed by atoms with E-state index in [1.54, 1.807) is 14.2 Å². The zero-order valence-electron chi connectivity index (χ0n) is 15.3. The molecule has 0 unspecified atom stereocenters. The van der Waals surface area contributed by atoms with Crippen molar-refractivity contribution in [1.29, 1.82) is 0 Å². The number of nitrogens with one attached hydrogen (secondary N) is 3. The maximum Gasteiger partial charge on any atom is 0.191 e. The van der Waals surface area contributed by atoms with Gasteiger partial charge in [0.25, 0.3) is 0 Å². The molecule has 0 saturated carbocycles. The Morgan fingerprint density at radius 3 is 2.00 bits per heavy atom. The van der Waals surface area contributed by atoms with E-state index in [-0.39, 0.29) is 0 Å². The molecule has 0 aromatic heterocycles. The van der Waals surface area contributed by atoms with Crippen LogP contribution in [0.3, 0.4) is 0 Å². The molecule has 2 aromatic rings. The van der Waals surface area contributed by atoms with Crippen LogP contribution >= 0.6 is 0 Å². The predicted molar refractivity (Wildman–Crippen MR) is 105 cm³/mol. The van der Waals surface area contributed by atoms with E-state index >= 15 is 0 Å². The van der Waals surface area contributed by atoms with E-state index < -0.39 is 0 Å². The van der Waals surface area contributed by atoms with Gasteiger partial charge in [-0.05, 0) is 30.2 Å². The summed E-state index contributed by atoms with van der Waals surface area (Å²) in [5.41, 5.74) is 4.81. The lowest BCUT2D eigenvalue weighted by Gasteiger charge is -2.13. The first kappa shape index (κ1) is 18.8. The number of ether oxygens (including phenoxy) is 1. The minimum Gasteiger partial charge on any atom is -0.383 e. The van der Waals surface area contributed by atoms with Crippen molar-refractivity contribution in [3.8, 4) is 0 Å². The van der Waals surface area contributed by atoms with Gasteiger partial charge in [-0.2, -0.15) is 0 Å². The average Bonchev–Trinajstić information content (AvgIpc) is 2.64. The number of methoxy groups -OCH3 is 1. The summed E-state index contributed by atoms with van der Waals surface area (Å²) in [4.78, 5) is 4.27. The zero-order valence-corrected chi connectivity index (χ0v) is 15.3. The number of guanidine groups is 1. The lowest BCUT2D eigenvalue weighted by molar-refractivity contribution is 0.211. The number of hydrogen-bond donors (Lipinski definition) is 3. The Labute approximate surface area is 150 Å². The van der Waals surface area contributed by atoms with Crippen LogP contribution in [0.25, 0.3) is 0 Å². The lowest BCUT2D eigenvalue weighted by atomic mass is 10.1. The first-order valence-corrected chi connectivity index (χ1v) is 8.53. The van der Waals surface area contributed by atoms with Gasteiger partial charge in [0, 0.05) is 39.5 Å². The van der Waals surface area contributed by atoms with Gasteiger partial charge in [0.15, 0.2) is 5.96 Å². The molecule has 0 saturated heterocycles. The summed E-state index contributed by atoms with van der Waals surface area (Å²) in [7, 11) is 3.49. The van der Waals surface area contributed by atoms with Crippen molar-refractivity contribution in [3.05, 3.63) is 65.2 Å². The molecule has 0 aliphatic rings. The van der Waals surface area contributed by atoms with Gasteiger partial charge in [-0.3, -0.25) is 4.99 Å². The van der Waals surface area contributed by atoms with Gasteiger partial charge in [-0.15, -0.1) is 0 Å². The summed E-state index contributed by atoms with van der Waals surface area (Å²) in [5.74, 6) is 0.794. The number of hydrogen-bond acceptors (Lipinski definition) is 3. The monoisotopic (exact) mass is 340 g/mol. The maximum absolute atomic E-state index is 5.03. The molecule has 5 heteroatoms. The van der Waals surface area contributed by atoms with E-state index in [1.165, 1.54) is 16.7 Å². The fourth-order valence-electron chi connectivity index (χ4n) is 2.34. The predicted octanol–water partition coefficient (Wildman–Crippen LogP) is 2.92. The molecule has 0 aliphatic carbocycles. The molecule has 134 valence electrons. The Bertz CT molecular complexity index is 650. The molecule has 0 amide bonds. The summed E-state index contributed by atoms with van der Waals surface area (Å²) >= 11 is 0. The normalized spacial score (nSPS) is 11.2. The fraction of sp³-hybridized carbons (Fsp3) is 0.350. The Morgan fingerprint density at radius 2 is 1.48 bits per heavy atom. The van der Waals surface area contributed by atoms with Gasteiger partial charge in [0.2, 0.25) is 0 Å². The number of aryl methyl sites for hydroxylation is 1. The third-order valence-corrected chi connectivity index (χ3v) is 3.85. The van der Waals surface area contributed by atoms with E-state index in [9.17, 15) is 0 Å². The standard InChI is InChI=1S/C20H28N4O/c1-16-4-6-17(7-5-16)14-23-20(21-2)24-15-18-8-10-19(11-9-18)22-12-13-25-3/h4-11,22H,12-15H2,1-3H3,(H2,21,23,24). The number of rotatable bonds is 8. The van der Waals surface area contributed by atoms with E-state index in [4.69, 9.17) is 4.74 Å². The molecule has 2 rings (SSSR count). The molecule has 3 N–H and O–H groups in total. The van der Waals surface area contributed by atoms with Crippen molar-refractivity contribution in [2.45, 2.75) is 20.0 Å². The number of aliphatic imine (C=N–C) groups is 1. The van der Waals surface area contributed by atoms with Crippen molar-refractivity contribution < 1.29 is 4.74 Å². The number of benzene rings is 2. The Kier molecular flexibility index (Phi) is 7.79. The summed E-state index contributed by atoms with van der Waals surface area (Å²) in [6, 6.07) is 16.9. The van der Waals surface area contributed by atoms with Crippen LogP contribution in [0.5, 0.6) is 0 Å². The Balaban J connectivity index is 1.77. The second-order valence-electron chi connectivity index (χ2n) is 5.88. The SMILES string of the molecule is CN=C(NCc1ccc(C)cc1)NCc1ccc(NCCOC)cc1. The number of anilines is 1. The minimum atomic E-state index is 0.701. The quantitative estimate of drug-likeness (QED) is 0.393. The van der Waals surface area contributed by atoms with E-state index in [2.05, 4.69) is 76.4 Å².